The van der Waals surface area contributed by atoms with E-state index in [0.29, 0.717) is 6.61 Å². The molecular weight excluding hydrogens is 347 g/mol. The molecule has 0 bridgehead atoms. The fourth-order valence-electron chi connectivity index (χ4n) is 2.56. The molecule has 0 saturated carbocycles. The minimum Gasteiger partial charge on any atom is -0.462 e. The minimum absolute atomic E-state index is 0. The number of unbranched alkanes of at least 4 members (excludes halogenated alkanes) is 9. The number of rotatable bonds is 13. The van der Waals surface area contributed by atoms with Gasteiger partial charge in [0.1, 0.15) is 0 Å². The zero-order chi connectivity index (χ0) is 17.6. The minimum atomic E-state index is -2.33. The van der Waals surface area contributed by atoms with Crippen LogP contribution in [0, 0.1) is 0 Å². The van der Waals surface area contributed by atoms with E-state index < -0.39 is 16.7 Å². The van der Waals surface area contributed by atoms with Crippen molar-refractivity contribution in [1.29, 1.82) is 0 Å². The molecule has 0 amide bonds. The first-order valence-electron chi connectivity index (χ1n) is 9.01. The van der Waals surface area contributed by atoms with Gasteiger partial charge in [-0.05, 0) is 23.2 Å². The molecule has 0 radical (unpaired) electrons. The second-order valence-corrected chi connectivity index (χ2v) is 7.02. The molecule has 0 fully saturated rings. The predicted octanol–water partition coefficient (Wildman–Crippen LogP) is 2.44. The number of hydrogen-bond donors (Lipinski definition) is 0. The van der Waals surface area contributed by atoms with Gasteiger partial charge in [0.15, 0.2) is 0 Å². The molecule has 25 heavy (non-hydrogen) atoms. The summed E-state index contributed by atoms with van der Waals surface area (Å²) in [6.07, 6.45) is 12.3. The maximum atomic E-state index is 11.9. The van der Waals surface area contributed by atoms with Crippen LogP contribution in [0.3, 0.4) is 0 Å². The maximum Gasteiger partial charge on any atom is 1.00 e. The second-order valence-electron chi connectivity index (χ2n) is 6.08. The molecule has 6 heteroatoms. The number of ether oxygens (including phenoxy) is 1. The van der Waals surface area contributed by atoms with Crippen LogP contribution in [0.1, 0.15) is 81.5 Å². The van der Waals surface area contributed by atoms with E-state index in [9.17, 15) is 13.2 Å². The van der Waals surface area contributed by atoms with E-state index >= 15 is 0 Å². The third-order valence-electron chi connectivity index (χ3n) is 3.99. The van der Waals surface area contributed by atoms with E-state index in [-0.39, 0.29) is 40.0 Å². The van der Waals surface area contributed by atoms with Crippen molar-refractivity contribution in [3.63, 3.8) is 0 Å². The summed E-state index contributed by atoms with van der Waals surface area (Å²) in [5.41, 5.74) is 0.281. The van der Waals surface area contributed by atoms with E-state index in [4.69, 9.17) is 4.74 Å². The number of hydrogen-bond acceptors (Lipinski definition) is 5. The van der Waals surface area contributed by atoms with Gasteiger partial charge in [0.05, 0.1) is 12.2 Å². The van der Waals surface area contributed by atoms with Crippen molar-refractivity contribution in [3.05, 3.63) is 29.8 Å². The standard InChI is InChI=1S/C19H29O4S.Na/c1-2-3-4-5-6-7-8-9-10-11-15-23-19(20)17-13-12-14-18(16-17)24(21)22;/h12-14,16H,2-11,15H2,1H3;/q-1;+1. The van der Waals surface area contributed by atoms with Gasteiger partial charge in [-0.1, -0.05) is 87.8 Å². The maximum absolute atomic E-state index is 11.9. The Balaban J connectivity index is 0.00000576. The van der Waals surface area contributed by atoms with Crippen molar-refractivity contribution in [2.45, 2.75) is 76.0 Å². The molecular formula is C19H29NaO4S. The summed E-state index contributed by atoms with van der Waals surface area (Å²) in [4.78, 5) is 12.0. The number of benzene rings is 1. The van der Waals surface area contributed by atoms with Gasteiger partial charge in [-0.25, -0.2) is 4.79 Å². The van der Waals surface area contributed by atoms with E-state index in [0.717, 1.165) is 12.8 Å². The van der Waals surface area contributed by atoms with Gasteiger partial charge in [-0.3, -0.25) is 0 Å². The molecule has 0 N–H and O–H groups in total. The topological polar surface area (TPSA) is 60.4 Å². The first-order valence-corrected chi connectivity index (χ1v) is 10.1. The first kappa shape index (κ1) is 24.6. The molecule has 136 valence electrons. The van der Waals surface area contributed by atoms with Crippen LogP contribution in [0.2, 0.25) is 0 Å². The molecule has 1 aromatic carbocycles. The van der Waals surface area contributed by atoms with Gasteiger partial charge in [-0.2, -0.15) is 0 Å². The third kappa shape index (κ3) is 11.8. The molecule has 0 aromatic heterocycles. The summed E-state index contributed by atoms with van der Waals surface area (Å²) >= 11 is 0. The van der Waals surface area contributed by atoms with E-state index in [1.165, 1.54) is 63.5 Å². The van der Waals surface area contributed by atoms with Gasteiger partial charge in [0.25, 0.3) is 0 Å². The zero-order valence-corrected chi connectivity index (χ0v) is 18.4. The van der Waals surface area contributed by atoms with Crippen LogP contribution in [0.15, 0.2) is 29.2 Å². The Morgan fingerprint density at radius 1 is 0.920 bits per heavy atom. The molecule has 0 spiro atoms. The van der Waals surface area contributed by atoms with Gasteiger partial charge >= 0.3 is 35.5 Å². The van der Waals surface area contributed by atoms with Crippen molar-refractivity contribution < 1.29 is 47.5 Å². The molecule has 1 rings (SSSR count). The smallest absolute Gasteiger partial charge is 0.462 e. The summed E-state index contributed by atoms with van der Waals surface area (Å²) in [5.74, 6) is -0.460. The monoisotopic (exact) mass is 376 g/mol. The summed E-state index contributed by atoms with van der Waals surface area (Å²) in [6.45, 7) is 2.62. The van der Waals surface area contributed by atoms with E-state index in [1.54, 1.807) is 12.1 Å². The molecule has 0 aliphatic rings. The Kier molecular flexibility index (Phi) is 15.6. The van der Waals surface area contributed by atoms with Crippen molar-refractivity contribution >= 4 is 16.7 Å². The Hall–Kier alpha value is -0.360. The summed E-state index contributed by atoms with van der Waals surface area (Å²) in [7, 11) is -2.33. The van der Waals surface area contributed by atoms with Crippen molar-refractivity contribution in [2.24, 2.45) is 0 Å². The predicted molar refractivity (Wildman–Crippen MR) is 95.6 cm³/mol. The van der Waals surface area contributed by atoms with Crippen LogP contribution in [0.5, 0.6) is 0 Å². The van der Waals surface area contributed by atoms with Crippen LogP contribution < -0.4 is 29.6 Å². The van der Waals surface area contributed by atoms with Gasteiger partial charge in [0, 0.05) is 0 Å². The summed E-state index contributed by atoms with van der Waals surface area (Å²) in [6, 6.07) is 5.89. The normalized spacial score (nSPS) is 10.5. The SMILES string of the molecule is CCCCCCCCCCCCOC(=O)c1cccc([S-](=O)=O)c1.[Na+]. The van der Waals surface area contributed by atoms with Crippen molar-refractivity contribution in [3.8, 4) is 0 Å². The van der Waals surface area contributed by atoms with Gasteiger partial charge in [0.2, 0.25) is 0 Å². The molecule has 0 unspecified atom stereocenters. The number of carbonyl (C=O) groups is 1. The third-order valence-corrected chi connectivity index (χ3v) is 4.63. The molecule has 1 aromatic rings. The van der Waals surface area contributed by atoms with Crippen LogP contribution in [0.4, 0.5) is 0 Å². The fraction of sp³-hybridized carbons (Fsp3) is 0.632. The van der Waals surface area contributed by atoms with E-state index in [2.05, 4.69) is 6.92 Å². The van der Waals surface area contributed by atoms with E-state index in [1.807, 2.05) is 0 Å². The summed E-state index contributed by atoms with van der Waals surface area (Å²) in [5, 5.41) is 0. The van der Waals surface area contributed by atoms with Crippen molar-refractivity contribution in [1.82, 2.24) is 0 Å². The average molecular weight is 376 g/mol. The van der Waals surface area contributed by atoms with Crippen LogP contribution >= 0.6 is 0 Å². The fourth-order valence-corrected chi connectivity index (χ4v) is 2.98. The molecule has 4 nitrogen and oxygen atoms in total. The Morgan fingerprint density at radius 2 is 1.48 bits per heavy atom. The second kappa shape index (κ2) is 15.9. The molecule has 0 aliphatic carbocycles. The van der Waals surface area contributed by atoms with Gasteiger partial charge < -0.3 is 13.2 Å². The van der Waals surface area contributed by atoms with Crippen LogP contribution in [-0.2, 0) is 23.9 Å². The Morgan fingerprint density at radius 3 is 2.04 bits per heavy atom. The van der Waals surface area contributed by atoms with Gasteiger partial charge in [-0.15, -0.1) is 0 Å². The first-order chi connectivity index (χ1) is 11.6. The van der Waals surface area contributed by atoms with Crippen LogP contribution in [-0.4, -0.2) is 12.6 Å². The summed E-state index contributed by atoms with van der Waals surface area (Å²) < 4.78 is 27.0. The largest absolute Gasteiger partial charge is 1.00 e. The Bertz CT molecular complexity index is 550. The quantitative estimate of drug-likeness (QED) is 0.230. The molecule has 0 saturated heterocycles. The average Bonchev–Trinajstić information content (AvgIpc) is 2.59. The molecule has 0 atom stereocenters. The molecule has 0 aliphatic heterocycles. The number of carbonyl (C=O) groups excluding carboxylic acids is 1. The zero-order valence-electron chi connectivity index (χ0n) is 15.6. The van der Waals surface area contributed by atoms with Crippen LogP contribution in [0.25, 0.3) is 0 Å². The molecule has 0 heterocycles. The van der Waals surface area contributed by atoms with Crippen molar-refractivity contribution in [2.75, 3.05) is 6.61 Å². The number of esters is 1. The Labute approximate surface area is 176 Å².